The predicted molar refractivity (Wildman–Crippen MR) is 97.1 cm³/mol. The Kier molecular flexibility index (Phi) is 8.73. The van der Waals surface area contributed by atoms with Crippen LogP contribution in [0.15, 0.2) is 48.5 Å². The van der Waals surface area contributed by atoms with Crippen LogP contribution >= 0.6 is 34.2 Å². The van der Waals surface area contributed by atoms with Crippen LogP contribution in [0.4, 0.5) is 0 Å². The van der Waals surface area contributed by atoms with Gasteiger partial charge in [0.05, 0.1) is 6.61 Å². The standard InChI is InChI=1S/C14H10ClIO.C4H9O.K/c15-12-5-1-10(2-6-12)14(9-17-14)11-3-7-13(16)8-4-11;1-4(2,3)5;/h1-8H,9H2;1-3H3;/q;-1;+1. The Balaban J connectivity index is 0.000000390. The minimum atomic E-state index is -0.750. The summed E-state index contributed by atoms with van der Waals surface area (Å²) in [6.07, 6.45) is 0. The van der Waals surface area contributed by atoms with Gasteiger partial charge < -0.3 is 9.84 Å². The molecule has 0 bridgehead atoms. The normalized spacial score (nSPS) is 19.2. The number of benzene rings is 2. The summed E-state index contributed by atoms with van der Waals surface area (Å²) in [6, 6.07) is 16.4. The van der Waals surface area contributed by atoms with E-state index in [9.17, 15) is 5.11 Å². The molecule has 3 rings (SSSR count). The maximum atomic E-state index is 10.1. The minimum absolute atomic E-state index is 0. The third kappa shape index (κ3) is 7.03. The van der Waals surface area contributed by atoms with Crippen LogP contribution in [0.2, 0.25) is 5.02 Å². The molecular formula is C18H19ClIKO2. The third-order valence-electron chi connectivity index (χ3n) is 3.05. The van der Waals surface area contributed by atoms with E-state index in [1.807, 2.05) is 24.3 Å². The number of hydrogen-bond acceptors (Lipinski definition) is 2. The molecule has 1 unspecified atom stereocenters. The van der Waals surface area contributed by atoms with E-state index in [2.05, 4.69) is 46.9 Å². The molecule has 118 valence electrons. The van der Waals surface area contributed by atoms with Crippen molar-refractivity contribution in [3.63, 3.8) is 0 Å². The molecule has 5 heteroatoms. The fourth-order valence-electron chi connectivity index (χ4n) is 2.01. The van der Waals surface area contributed by atoms with E-state index in [0.717, 1.165) is 11.6 Å². The number of halogens is 2. The van der Waals surface area contributed by atoms with Crippen molar-refractivity contribution in [2.24, 2.45) is 0 Å². The summed E-state index contributed by atoms with van der Waals surface area (Å²) in [5.41, 5.74) is 1.39. The molecule has 1 aliphatic heterocycles. The third-order valence-corrected chi connectivity index (χ3v) is 4.03. The van der Waals surface area contributed by atoms with Gasteiger partial charge in [0, 0.05) is 8.59 Å². The molecule has 1 aliphatic rings. The molecule has 0 N–H and O–H groups in total. The Morgan fingerprint density at radius 1 is 1.00 bits per heavy atom. The Morgan fingerprint density at radius 3 is 1.70 bits per heavy atom. The zero-order valence-corrected chi connectivity index (χ0v) is 19.9. The molecule has 1 atom stereocenters. The van der Waals surface area contributed by atoms with Crippen LogP contribution in [-0.4, -0.2) is 12.2 Å². The van der Waals surface area contributed by atoms with E-state index in [4.69, 9.17) is 16.3 Å². The van der Waals surface area contributed by atoms with Gasteiger partial charge in [-0.05, 0) is 58.0 Å². The van der Waals surface area contributed by atoms with Gasteiger partial charge in [0.2, 0.25) is 0 Å². The molecule has 0 saturated carbocycles. The van der Waals surface area contributed by atoms with Gasteiger partial charge in [-0.3, -0.25) is 0 Å². The predicted octanol–water partition coefficient (Wildman–Crippen LogP) is 1.37. The molecule has 2 nitrogen and oxygen atoms in total. The topological polar surface area (TPSA) is 35.6 Å². The Hall–Kier alpha value is 1.02. The largest absolute Gasteiger partial charge is 1.00 e. The van der Waals surface area contributed by atoms with Crippen LogP contribution in [0.5, 0.6) is 0 Å². The molecule has 0 aliphatic carbocycles. The summed E-state index contributed by atoms with van der Waals surface area (Å²) in [5.74, 6) is 0. The van der Waals surface area contributed by atoms with Crippen molar-refractivity contribution in [2.75, 3.05) is 6.61 Å². The SMILES string of the molecule is CC(C)(C)[O-].Clc1ccc(C2(c3ccc(I)cc3)CO2)cc1.[K+]. The Bertz CT molecular complexity index is 563. The molecule has 0 amide bonds. The van der Waals surface area contributed by atoms with Crippen LogP contribution < -0.4 is 56.5 Å². The summed E-state index contributed by atoms with van der Waals surface area (Å²) >= 11 is 8.21. The van der Waals surface area contributed by atoms with Crippen LogP contribution in [0.1, 0.15) is 31.9 Å². The molecule has 2 aromatic carbocycles. The molecule has 0 spiro atoms. The first kappa shape index (κ1) is 22.1. The maximum Gasteiger partial charge on any atom is 1.00 e. The quantitative estimate of drug-likeness (QED) is 0.379. The molecule has 1 saturated heterocycles. The zero-order chi connectivity index (χ0) is 16.4. The van der Waals surface area contributed by atoms with Crippen LogP contribution in [0.3, 0.4) is 0 Å². The average Bonchev–Trinajstić information content (AvgIpc) is 3.20. The summed E-state index contributed by atoms with van der Waals surface area (Å²) < 4.78 is 6.94. The second-order valence-corrected chi connectivity index (χ2v) is 7.92. The van der Waals surface area contributed by atoms with Gasteiger partial charge in [0.25, 0.3) is 0 Å². The molecular weight excluding hydrogens is 450 g/mol. The number of hydrogen-bond donors (Lipinski definition) is 0. The first-order valence-electron chi connectivity index (χ1n) is 7.07. The van der Waals surface area contributed by atoms with Crippen molar-refractivity contribution in [3.05, 3.63) is 68.3 Å². The monoisotopic (exact) mass is 468 g/mol. The van der Waals surface area contributed by atoms with Gasteiger partial charge in [-0.15, -0.1) is 5.60 Å². The van der Waals surface area contributed by atoms with Crippen molar-refractivity contribution in [1.29, 1.82) is 0 Å². The van der Waals surface area contributed by atoms with Gasteiger partial charge >= 0.3 is 51.4 Å². The first-order valence-corrected chi connectivity index (χ1v) is 8.53. The van der Waals surface area contributed by atoms with E-state index in [0.29, 0.717) is 0 Å². The first-order chi connectivity index (χ1) is 10.2. The van der Waals surface area contributed by atoms with Crippen LogP contribution in [-0.2, 0) is 10.3 Å². The number of rotatable bonds is 2. The fourth-order valence-corrected chi connectivity index (χ4v) is 2.50. The molecule has 23 heavy (non-hydrogen) atoms. The van der Waals surface area contributed by atoms with E-state index < -0.39 is 5.60 Å². The van der Waals surface area contributed by atoms with Crippen molar-refractivity contribution < 1.29 is 61.2 Å². The Labute approximate surface area is 199 Å². The molecule has 1 heterocycles. The summed E-state index contributed by atoms with van der Waals surface area (Å²) in [5, 5.41) is 10.9. The molecule has 0 aromatic heterocycles. The summed E-state index contributed by atoms with van der Waals surface area (Å²) in [6.45, 7) is 5.64. The van der Waals surface area contributed by atoms with Crippen LogP contribution in [0.25, 0.3) is 0 Å². The fraction of sp³-hybridized carbons (Fsp3) is 0.333. The van der Waals surface area contributed by atoms with E-state index in [1.165, 1.54) is 14.7 Å². The smallest absolute Gasteiger partial charge is 0.850 e. The molecule has 1 fully saturated rings. The number of epoxide rings is 1. The van der Waals surface area contributed by atoms with Crippen molar-refractivity contribution >= 4 is 34.2 Å². The van der Waals surface area contributed by atoms with Gasteiger partial charge in [-0.25, -0.2) is 0 Å². The second-order valence-electron chi connectivity index (χ2n) is 6.24. The average molecular weight is 469 g/mol. The van der Waals surface area contributed by atoms with E-state index >= 15 is 0 Å². The minimum Gasteiger partial charge on any atom is -0.850 e. The Morgan fingerprint density at radius 2 is 1.35 bits per heavy atom. The summed E-state index contributed by atoms with van der Waals surface area (Å²) in [4.78, 5) is 0. The second kappa shape index (κ2) is 9.10. The van der Waals surface area contributed by atoms with Gasteiger partial charge in [-0.2, -0.15) is 0 Å². The summed E-state index contributed by atoms with van der Waals surface area (Å²) in [7, 11) is 0. The van der Waals surface area contributed by atoms with Gasteiger partial charge in [0.1, 0.15) is 5.60 Å². The van der Waals surface area contributed by atoms with E-state index in [1.54, 1.807) is 20.8 Å². The maximum absolute atomic E-state index is 10.1. The van der Waals surface area contributed by atoms with Gasteiger partial charge in [-0.1, -0.05) is 56.6 Å². The van der Waals surface area contributed by atoms with Crippen molar-refractivity contribution in [3.8, 4) is 0 Å². The van der Waals surface area contributed by atoms with Gasteiger partial charge in [0.15, 0.2) is 0 Å². The zero-order valence-electron chi connectivity index (χ0n) is 13.9. The molecule has 0 radical (unpaired) electrons. The van der Waals surface area contributed by atoms with Crippen molar-refractivity contribution in [2.45, 2.75) is 32.0 Å². The van der Waals surface area contributed by atoms with Crippen molar-refractivity contribution in [1.82, 2.24) is 0 Å². The van der Waals surface area contributed by atoms with E-state index in [-0.39, 0.29) is 57.0 Å². The molecule has 2 aromatic rings. The number of ether oxygens (including phenoxy) is 1. The van der Waals surface area contributed by atoms with Crippen LogP contribution in [0, 0.1) is 3.57 Å².